The van der Waals surface area contributed by atoms with E-state index in [4.69, 9.17) is 4.42 Å². The van der Waals surface area contributed by atoms with Crippen LogP contribution in [-0.2, 0) is 19.2 Å². The molecule has 3 fully saturated rings. The van der Waals surface area contributed by atoms with Crippen LogP contribution in [0.3, 0.4) is 0 Å². The van der Waals surface area contributed by atoms with Crippen molar-refractivity contribution in [3.05, 3.63) is 120 Å². The van der Waals surface area contributed by atoms with Gasteiger partial charge in [0.2, 0.25) is 29.5 Å². The van der Waals surface area contributed by atoms with Crippen molar-refractivity contribution in [1.29, 1.82) is 0 Å². The Hall–Kier alpha value is -5.83. The smallest absolute Gasteiger partial charge is 0.241 e. The molecule has 4 aromatic carbocycles. The predicted molar refractivity (Wildman–Crippen MR) is 186 cm³/mol. The van der Waals surface area contributed by atoms with Crippen LogP contribution in [0.1, 0.15) is 36.8 Å². The number of aromatic hydroxyl groups is 1. The zero-order valence-electron chi connectivity index (χ0n) is 27.4. The molecule has 1 saturated carbocycles. The number of amides is 4. The molecule has 5 aromatic rings. The molecule has 3 heterocycles. The minimum Gasteiger partial charge on any atom is -0.508 e. The summed E-state index contributed by atoms with van der Waals surface area (Å²) in [5, 5.41) is 10.4. The van der Waals surface area contributed by atoms with Gasteiger partial charge in [-0.1, -0.05) is 54.1 Å². The van der Waals surface area contributed by atoms with Crippen LogP contribution in [0.4, 0.5) is 11.4 Å². The number of rotatable bonds is 4. The van der Waals surface area contributed by atoms with Gasteiger partial charge in [0, 0.05) is 11.5 Å². The Labute approximate surface area is 287 Å². The molecule has 2 saturated heterocycles. The number of phenols is 1. The van der Waals surface area contributed by atoms with Crippen LogP contribution < -0.4 is 9.80 Å². The van der Waals surface area contributed by atoms with Crippen LogP contribution in [-0.4, -0.2) is 33.7 Å². The molecule has 1 N–H and O–H groups in total. The summed E-state index contributed by atoms with van der Waals surface area (Å²) < 4.78 is 5.92. The highest BCUT2D eigenvalue weighted by Crippen LogP contribution is 2.63. The number of benzene rings is 4. The molecule has 50 heavy (non-hydrogen) atoms. The second-order valence-electron chi connectivity index (χ2n) is 14.1. The van der Waals surface area contributed by atoms with Gasteiger partial charge < -0.3 is 9.52 Å². The zero-order valence-corrected chi connectivity index (χ0v) is 27.4. The first-order chi connectivity index (χ1) is 24.2. The lowest BCUT2D eigenvalue weighted by molar-refractivity contribution is -0.131. The van der Waals surface area contributed by atoms with Crippen molar-refractivity contribution in [2.75, 3.05) is 9.80 Å². The van der Waals surface area contributed by atoms with Gasteiger partial charge in [0.05, 0.1) is 34.5 Å². The zero-order chi connectivity index (χ0) is 34.5. The van der Waals surface area contributed by atoms with Gasteiger partial charge in [0.15, 0.2) is 5.58 Å². The second kappa shape index (κ2) is 10.8. The quantitative estimate of drug-likeness (QED) is 0.163. The second-order valence-corrected chi connectivity index (χ2v) is 14.1. The Bertz CT molecular complexity index is 2260. The van der Waals surface area contributed by atoms with Crippen molar-refractivity contribution in [2.24, 2.45) is 29.1 Å². The number of aryl methyl sites for hydroxylation is 1. The Morgan fingerprint density at radius 2 is 1.52 bits per heavy atom. The van der Waals surface area contributed by atoms with Crippen LogP contribution in [0.15, 0.2) is 113 Å². The van der Waals surface area contributed by atoms with Crippen LogP contribution in [0.25, 0.3) is 22.6 Å². The Morgan fingerprint density at radius 1 is 0.800 bits per heavy atom. The lowest BCUT2D eigenvalue weighted by atomic mass is 9.51. The molecule has 248 valence electrons. The van der Waals surface area contributed by atoms with Gasteiger partial charge in [0.25, 0.3) is 0 Å². The molecule has 9 rings (SSSR count). The summed E-state index contributed by atoms with van der Waals surface area (Å²) in [5.74, 6) is -3.53. The Morgan fingerprint density at radius 3 is 2.26 bits per heavy atom. The molecule has 6 atom stereocenters. The van der Waals surface area contributed by atoms with Crippen molar-refractivity contribution in [2.45, 2.75) is 32.6 Å². The number of nitrogens with zero attached hydrogens (tertiary/aromatic N) is 3. The number of imide groups is 2. The van der Waals surface area contributed by atoms with Crippen molar-refractivity contribution in [3.63, 3.8) is 0 Å². The van der Waals surface area contributed by atoms with Crippen LogP contribution >= 0.6 is 0 Å². The van der Waals surface area contributed by atoms with Gasteiger partial charge in [-0.05, 0) is 98.3 Å². The molecule has 4 amide bonds. The first-order valence-electron chi connectivity index (χ1n) is 16.9. The average Bonchev–Trinajstić information content (AvgIpc) is 3.73. The number of para-hydroxylation sites is 3. The van der Waals surface area contributed by atoms with Gasteiger partial charge in [0.1, 0.15) is 11.3 Å². The third kappa shape index (κ3) is 4.15. The molecule has 9 heteroatoms. The summed E-state index contributed by atoms with van der Waals surface area (Å²) >= 11 is 0. The maximum absolute atomic E-state index is 14.5. The highest BCUT2D eigenvalue weighted by atomic mass is 16.3. The summed E-state index contributed by atoms with van der Waals surface area (Å²) in [6.07, 6.45) is 2.65. The molecule has 0 radical (unpaired) electrons. The van der Waals surface area contributed by atoms with Gasteiger partial charge >= 0.3 is 0 Å². The Balaban J connectivity index is 1.10. The SMILES string of the molecule is Cc1cc([C@H]2C3=CC[C@@H]4C(=O)N(c5ccc(-c6nc7ccccc7o6)cc5)C(=O)[C@@H]4[C@@H]3C[C@H]3C(=O)N(c4ccccc4)C(=O)[C@@]23C)ccc1O. The van der Waals surface area contributed by atoms with E-state index in [0.717, 1.165) is 22.2 Å². The van der Waals surface area contributed by atoms with E-state index in [2.05, 4.69) is 4.98 Å². The number of hydrogen-bond acceptors (Lipinski definition) is 7. The molecular formula is C41H33N3O6. The van der Waals surface area contributed by atoms with E-state index >= 15 is 0 Å². The van der Waals surface area contributed by atoms with Gasteiger partial charge in [-0.2, -0.15) is 0 Å². The lowest BCUT2D eigenvalue weighted by Gasteiger charge is -2.49. The monoisotopic (exact) mass is 663 g/mol. The molecule has 0 bridgehead atoms. The van der Waals surface area contributed by atoms with Crippen LogP contribution in [0.2, 0.25) is 0 Å². The predicted octanol–water partition coefficient (Wildman–Crippen LogP) is 6.94. The fraction of sp³-hybridized carbons (Fsp3) is 0.244. The first kappa shape index (κ1) is 30.2. The molecule has 9 nitrogen and oxygen atoms in total. The molecule has 2 aliphatic carbocycles. The van der Waals surface area contributed by atoms with Crippen LogP contribution in [0.5, 0.6) is 5.75 Å². The van der Waals surface area contributed by atoms with Crippen molar-refractivity contribution in [3.8, 4) is 17.2 Å². The third-order valence-corrected chi connectivity index (χ3v) is 11.5. The Kier molecular flexibility index (Phi) is 6.55. The number of allylic oxidation sites excluding steroid dienone is 2. The lowest BCUT2D eigenvalue weighted by Crippen LogP contribution is -2.48. The van der Waals surface area contributed by atoms with Gasteiger partial charge in [-0.3, -0.25) is 24.1 Å². The summed E-state index contributed by atoms with van der Waals surface area (Å²) in [6.45, 7) is 3.66. The normalized spacial score (nSPS) is 27.4. The van der Waals surface area contributed by atoms with E-state index in [9.17, 15) is 24.3 Å². The fourth-order valence-electron chi connectivity index (χ4n) is 9.08. The minimum absolute atomic E-state index is 0.134. The average molecular weight is 664 g/mol. The van der Waals surface area contributed by atoms with E-state index in [0.29, 0.717) is 34.8 Å². The summed E-state index contributed by atoms with van der Waals surface area (Å²) in [7, 11) is 0. The van der Waals surface area contributed by atoms with Crippen molar-refractivity contribution >= 4 is 46.1 Å². The maximum Gasteiger partial charge on any atom is 0.241 e. The number of fused-ring (bicyclic) bond motifs is 5. The number of anilines is 2. The molecule has 4 aliphatic rings. The first-order valence-corrected chi connectivity index (χ1v) is 16.9. The number of oxazole rings is 1. The summed E-state index contributed by atoms with van der Waals surface area (Å²) in [6, 6.07) is 28.8. The highest BCUT2D eigenvalue weighted by Gasteiger charge is 2.67. The van der Waals surface area contributed by atoms with E-state index in [1.165, 1.54) is 9.80 Å². The van der Waals surface area contributed by atoms with Gasteiger partial charge in [-0.15, -0.1) is 0 Å². The van der Waals surface area contributed by atoms with E-state index in [-0.39, 0.29) is 35.8 Å². The van der Waals surface area contributed by atoms with E-state index < -0.39 is 35.0 Å². The number of carbonyl (C=O) groups is 4. The van der Waals surface area contributed by atoms with Crippen LogP contribution in [0, 0.1) is 36.0 Å². The topological polar surface area (TPSA) is 121 Å². The highest BCUT2D eigenvalue weighted by molar-refractivity contribution is 6.25. The van der Waals surface area contributed by atoms with Crippen molar-refractivity contribution in [1.82, 2.24) is 4.98 Å². The third-order valence-electron chi connectivity index (χ3n) is 11.5. The molecule has 0 spiro atoms. The largest absolute Gasteiger partial charge is 0.508 e. The number of aromatic nitrogens is 1. The number of phenolic OH excluding ortho intramolecular Hbond substituents is 1. The standard InChI is InChI=1S/C41H33N3O6/c1-22-20-24(14-19-32(22)45)35-27-17-18-28-34(29(27)21-30-38(47)44(40(49)41(30,35)2)25-8-4-3-5-9-25)39(48)43(37(28)46)26-15-12-23(13-16-26)36-42-31-10-6-7-11-33(31)50-36/h3-17,19-20,28-30,34-35,45H,18,21H2,1-2H3/t28-,29+,30-,34-,35-,41+/m0/s1. The summed E-state index contributed by atoms with van der Waals surface area (Å²) in [4.78, 5) is 64.5. The molecule has 2 aliphatic heterocycles. The molecule has 1 aromatic heterocycles. The maximum atomic E-state index is 14.5. The minimum atomic E-state index is -1.14. The van der Waals surface area contributed by atoms with E-state index in [1.807, 2.05) is 49.4 Å². The van der Waals surface area contributed by atoms with E-state index in [1.54, 1.807) is 67.6 Å². The number of carbonyl (C=O) groups excluding carboxylic acids is 4. The number of hydrogen-bond donors (Lipinski definition) is 1. The van der Waals surface area contributed by atoms with Gasteiger partial charge in [-0.25, -0.2) is 9.88 Å². The molecular weight excluding hydrogens is 630 g/mol. The molecule has 0 unspecified atom stereocenters. The fourth-order valence-corrected chi connectivity index (χ4v) is 9.08. The summed E-state index contributed by atoms with van der Waals surface area (Å²) in [5.41, 5.74) is 4.30. The van der Waals surface area contributed by atoms with Crippen molar-refractivity contribution < 1.29 is 28.7 Å².